The van der Waals surface area contributed by atoms with Gasteiger partial charge in [-0.05, 0) is 49.3 Å². The molecule has 3 rings (SSSR count). The van der Waals surface area contributed by atoms with Gasteiger partial charge in [-0.1, -0.05) is 52.3 Å². The third-order valence-corrected chi connectivity index (χ3v) is 6.78. The Hall–Kier alpha value is -1.63. The number of hydrogen-bond donors (Lipinski definition) is 0. The van der Waals surface area contributed by atoms with E-state index in [1.165, 1.54) is 54.5 Å². The summed E-state index contributed by atoms with van der Waals surface area (Å²) in [6.45, 7) is 12.8. The van der Waals surface area contributed by atoms with Crippen LogP contribution in [0.4, 0.5) is 0 Å². The van der Waals surface area contributed by atoms with Crippen molar-refractivity contribution in [1.29, 1.82) is 0 Å². The summed E-state index contributed by atoms with van der Waals surface area (Å²) in [5, 5.41) is 0. The second-order valence-electron chi connectivity index (χ2n) is 8.01. The summed E-state index contributed by atoms with van der Waals surface area (Å²) in [7, 11) is 0. The number of aromatic nitrogens is 1. The molecule has 1 heteroatoms. The van der Waals surface area contributed by atoms with E-state index in [0.29, 0.717) is 5.41 Å². The number of hydrogen-bond acceptors (Lipinski definition) is 0. The fourth-order valence-corrected chi connectivity index (χ4v) is 4.64. The summed E-state index contributed by atoms with van der Waals surface area (Å²) < 4.78 is 2.52. The normalized spacial score (nSPS) is 16.7. The number of rotatable bonds is 5. The highest BCUT2D eigenvalue weighted by Gasteiger charge is 2.37. The molecule has 0 fully saturated rings. The largest absolute Gasteiger partial charge is 0.215 e. The maximum absolute atomic E-state index is 2.52. The van der Waals surface area contributed by atoms with Crippen LogP contribution in [0.1, 0.15) is 70.1 Å². The van der Waals surface area contributed by atoms with Crippen LogP contribution in [0.2, 0.25) is 0 Å². The molecule has 0 spiro atoms. The fourth-order valence-electron chi connectivity index (χ4n) is 4.64. The van der Waals surface area contributed by atoms with Crippen molar-refractivity contribution in [3.63, 3.8) is 0 Å². The number of nitrogens with zero attached hydrogens (tertiary/aromatic N) is 1. The second kappa shape index (κ2) is 7.32. The first-order valence-corrected chi connectivity index (χ1v) is 10.2. The molecule has 1 aliphatic rings. The third-order valence-electron chi connectivity index (χ3n) is 6.78. The lowest BCUT2D eigenvalue weighted by molar-refractivity contribution is -0.687. The molecular weight excluding hydrogens is 302 g/mol. The van der Waals surface area contributed by atoms with Gasteiger partial charge in [-0.15, -0.1) is 0 Å². The Labute approximate surface area is 154 Å². The molecule has 0 amide bonds. The Bertz CT molecular complexity index is 740. The molecule has 2 heterocycles. The Balaban J connectivity index is 2.20. The SMILES string of the molecule is CCC(C)Cc1cc[n+]2c(c1C)-c1ccccc1C(CC)(CC)CC2. The van der Waals surface area contributed by atoms with Gasteiger partial charge in [0.05, 0.1) is 5.56 Å². The summed E-state index contributed by atoms with van der Waals surface area (Å²) in [6, 6.07) is 11.6. The number of benzene rings is 1. The lowest BCUT2D eigenvalue weighted by Gasteiger charge is -2.31. The van der Waals surface area contributed by atoms with Crippen molar-refractivity contribution in [1.82, 2.24) is 0 Å². The van der Waals surface area contributed by atoms with Gasteiger partial charge >= 0.3 is 0 Å². The van der Waals surface area contributed by atoms with E-state index in [1.54, 1.807) is 5.56 Å². The molecule has 1 atom stereocenters. The first-order valence-electron chi connectivity index (χ1n) is 10.2. The lowest BCUT2D eigenvalue weighted by atomic mass is 9.71. The molecule has 134 valence electrons. The van der Waals surface area contributed by atoms with Crippen molar-refractivity contribution in [2.45, 2.75) is 78.7 Å². The van der Waals surface area contributed by atoms with Gasteiger partial charge in [-0.2, -0.15) is 4.57 Å². The molecule has 0 saturated carbocycles. The highest BCUT2D eigenvalue weighted by molar-refractivity contribution is 5.67. The van der Waals surface area contributed by atoms with Crippen LogP contribution in [0.3, 0.4) is 0 Å². The van der Waals surface area contributed by atoms with Gasteiger partial charge in [0.25, 0.3) is 0 Å². The van der Waals surface area contributed by atoms with E-state index in [0.717, 1.165) is 12.5 Å². The van der Waals surface area contributed by atoms with Crippen LogP contribution in [-0.2, 0) is 18.4 Å². The van der Waals surface area contributed by atoms with Crippen molar-refractivity contribution < 1.29 is 4.57 Å². The Morgan fingerprint density at radius 3 is 2.48 bits per heavy atom. The molecule has 0 saturated heterocycles. The Morgan fingerprint density at radius 1 is 1.08 bits per heavy atom. The maximum Gasteiger partial charge on any atom is 0.215 e. The quantitative estimate of drug-likeness (QED) is 0.590. The van der Waals surface area contributed by atoms with Gasteiger partial charge < -0.3 is 0 Å². The highest BCUT2D eigenvalue weighted by Crippen LogP contribution is 2.43. The standard InChI is InChI=1S/C24H34N/c1-6-18(4)17-20-13-15-25-16-14-24(7-2,8-3)22-12-10-9-11-21(22)23(25)19(20)5/h9-13,15,18H,6-8,14,16-17H2,1-5H3/q+1. The highest BCUT2D eigenvalue weighted by atomic mass is 15.0. The summed E-state index contributed by atoms with van der Waals surface area (Å²) in [4.78, 5) is 0. The van der Waals surface area contributed by atoms with Crippen molar-refractivity contribution in [2.75, 3.05) is 0 Å². The van der Waals surface area contributed by atoms with E-state index in [2.05, 4.69) is 75.7 Å². The molecule has 0 bridgehead atoms. The predicted octanol–water partition coefficient (Wildman–Crippen LogP) is 6.00. The van der Waals surface area contributed by atoms with Gasteiger partial charge in [0, 0.05) is 23.5 Å². The zero-order valence-corrected chi connectivity index (χ0v) is 16.7. The zero-order chi connectivity index (χ0) is 18.0. The molecule has 0 radical (unpaired) electrons. The van der Waals surface area contributed by atoms with Gasteiger partial charge in [-0.3, -0.25) is 0 Å². The van der Waals surface area contributed by atoms with Crippen LogP contribution in [0.5, 0.6) is 0 Å². The molecule has 1 aliphatic heterocycles. The summed E-state index contributed by atoms with van der Waals surface area (Å²) in [5.74, 6) is 0.744. The molecule has 1 aromatic heterocycles. The van der Waals surface area contributed by atoms with Gasteiger partial charge in [0.15, 0.2) is 6.20 Å². The van der Waals surface area contributed by atoms with Crippen LogP contribution in [0.25, 0.3) is 11.3 Å². The van der Waals surface area contributed by atoms with Crippen molar-refractivity contribution in [3.8, 4) is 11.3 Å². The Kier molecular flexibility index (Phi) is 5.32. The molecule has 25 heavy (non-hydrogen) atoms. The van der Waals surface area contributed by atoms with E-state index in [9.17, 15) is 0 Å². The van der Waals surface area contributed by atoms with E-state index in [4.69, 9.17) is 0 Å². The predicted molar refractivity (Wildman–Crippen MR) is 107 cm³/mol. The summed E-state index contributed by atoms with van der Waals surface area (Å²) in [6.07, 6.45) is 8.44. The van der Waals surface area contributed by atoms with Crippen molar-refractivity contribution >= 4 is 0 Å². The monoisotopic (exact) mass is 336 g/mol. The topological polar surface area (TPSA) is 3.88 Å². The molecule has 1 nitrogen and oxygen atoms in total. The van der Waals surface area contributed by atoms with Crippen LogP contribution < -0.4 is 4.57 Å². The number of aryl methyl sites for hydroxylation is 1. The van der Waals surface area contributed by atoms with Crippen LogP contribution in [0.15, 0.2) is 36.5 Å². The molecule has 2 aromatic rings. The van der Waals surface area contributed by atoms with E-state index >= 15 is 0 Å². The average Bonchev–Trinajstić information content (AvgIpc) is 2.79. The minimum Gasteiger partial charge on any atom is -0.198 e. The molecule has 1 unspecified atom stereocenters. The van der Waals surface area contributed by atoms with Gasteiger partial charge in [-0.25, -0.2) is 0 Å². The minimum absolute atomic E-state index is 0.311. The van der Waals surface area contributed by atoms with Crippen molar-refractivity contribution in [3.05, 3.63) is 53.2 Å². The maximum atomic E-state index is 2.52. The third kappa shape index (κ3) is 3.14. The molecular formula is C24H34N+. The van der Waals surface area contributed by atoms with Crippen LogP contribution in [0, 0.1) is 12.8 Å². The smallest absolute Gasteiger partial charge is 0.198 e. The average molecular weight is 337 g/mol. The van der Waals surface area contributed by atoms with E-state index in [-0.39, 0.29) is 0 Å². The molecule has 0 aliphatic carbocycles. The Morgan fingerprint density at radius 2 is 1.80 bits per heavy atom. The van der Waals surface area contributed by atoms with Crippen LogP contribution in [-0.4, -0.2) is 0 Å². The molecule has 1 aromatic carbocycles. The van der Waals surface area contributed by atoms with E-state index < -0.39 is 0 Å². The van der Waals surface area contributed by atoms with Gasteiger partial charge in [0.2, 0.25) is 5.69 Å². The first-order chi connectivity index (χ1) is 12.1. The zero-order valence-electron chi connectivity index (χ0n) is 16.7. The fraction of sp³-hybridized carbons (Fsp3) is 0.542. The number of pyridine rings is 1. The second-order valence-corrected chi connectivity index (χ2v) is 8.01. The summed E-state index contributed by atoms with van der Waals surface area (Å²) in [5.41, 5.74) is 7.81. The molecule has 0 N–H and O–H groups in total. The minimum atomic E-state index is 0.311. The van der Waals surface area contributed by atoms with Gasteiger partial charge in [0.1, 0.15) is 6.54 Å². The van der Waals surface area contributed by atoms with Crippen molar-refractivity contribution in [2.24, 2.45) is 5.92 Å². The number of fused-ring (bicyclic) bond motifs is 3. The lowest BCUT2D eigenvalue weighted by Crippen LogP contribution is -2.38. The van der Waals surface area contributed by atoms with Crippen LogP contribution >= 0.6 is 0 Å². The van der Waals surface area contributed by atoms with E-state index in [1.807, 2.05) is 0 Å². The first kappa shape index (κ1) is 18.2. The summed E-state index contributed by atoms with van der Waals surface area (Å²) >= 11 is 0.